The summed E-state index contributed by atoms with van der Waals surface area (Å²) in [5.41, 5.74) is 5.67. The van der Waals surface area contributed by atoms with Crippen LogP contribution in [0, 0.1) is 11.3 Å². The Morgan fingerprint density at radius 3 is 2.41 bits per heavy atom. The molecule has 2 nitrogen and oxygen atoms in total. The van der Waals surface area contributed by atoms with Crippen molar-refractivity contribution in [2.45, 2.75) is 65.4 Å². The van der Waals surface area contributed by atoms with Gasteiger partial charge in [-0.05, 0) is 44.4 Å². The van der Waals surface area contributed by atoms with Gasteiger partial charge in [0.05, 0.1) is 11.1 Å². The maximum absolute atomic E-state index is 5.92. The van der Waals surface area contributed by atoms with Gasteiger partial charge >= 0.3 is 0 Å². The molecule has 0 radical (unpaired) electrons. The van der Waals surface area contributed by atoms with Crippen LogP contribution in [-0.4, -0.2) is 17.7 Å². The Hall–Kier alpha value is -0.150. The van der Waals surface area contributed by atoms with Crippen molar-refractivity contribution < 1.29 is 4.74 Å². The summed E-state index contributed by atoms with van der Waals surface area (Å²) in [7, 11) is 0. The van der Waals surface area contributed by atoms with Crippen LogP contribution < -0.4 is 5.73 Å². The summed E-state index contributed by atoms with van der Waals surface area (Å²) in [5, 5.41) is 0. The molecule has 3 heteroatoms. The van der Waals surface area contributed by atoms with Crippen LogP contribution in [0.25, 0.3) is 0 Å². The molecule has 0 unspecified atom stereocenters. The number of ether oxygens (including phenoxy) is 1. The zero-order valence-electron chi connectivity index (χ0n) is 11.5. The van der Waals surface area contributed by atoms with E-state index >= 15 is 0 Å². The van der Waals surface area contributed by atoms with Crippen molar-refractivity contribution in [3.63, 3.8) is 0 Å². The molecule has 0 aromatic rings. The largest absolute Gasteiger partial charge is 0.393 e. The Bertz CT molecular complexity index is 245. The van der Waals surface area contributed by atoms with E-state index in [1.807, 2.05) is 0 Å². The highest BCUT2D eigenvalue weighted by atomic mass is 32.1. The fourth-order valence-corrected chi connectivity index (χ4v) is 2.39. The van der Waals surface area contributed by atoms with Gasteiger partial charge in [0.2, 0.25) is 0 Å². The second-order valence-corrected chi connectivity index (χ2v) is 6.54. The lowest BCUT2D eigenvalue weighted by Crippen LogP contribution is -2.30. The molecule has 0 aromatic carbocycles. The molecule has 17 heavy (non-hydrogen) atoms. The Morgan fingerprint density at radius 2 is 1.88 bits per heavy atom. The first-order valence-corrected chi connectivity index (χ1v) is 7.24. The van der Waals surface area contributed by atoms with Crippen LogP contribution in [0.1, 0.15) is 59.3 Å². The molecule has 0 atom stereocenters. The van der Waals surface area contributed by atoms with Crippen molar-refractivity contribution in [3.05, 3.63) is 0 Å². The molecule has 1 saturated carbocycles. The molecule has 1 fully saturated rings. The minimum Gasteiger partial charge on any atom is -0.393 e. The molecule has 0 bridgehead atoms. The molecule has 0 aromatic heterocycles. The molecule has 1 rings (SSSR count). The highest BCUT2D eigenvalue weighted by molar-refractivity contribution is 7.80. The summed E-state index contributed by atoms with van der Waals surface area (Å²) in [6, 6.07) is 0. The van der Waals surface area contributed by atoms with Gasteiger partial charge < -0.3 is 10.5 Å². The van der Waals surface area contributed by atoms with Crippen LogP contribution in [0.3, 0.4) is 0 Å². The molecule has 1 aliphatic carbocycles. The second kappa shape index (κ2) is 6.69. The van der Waals surface area contributed by atoms with Gasteiger partial charge in [0, 0.05) is 12.0 Å². The molecular formula is C14H27NOS. The van der Waals surface area contributed by atoms with E-state index < -0.39 is 0 Å². The standard InChI is InChI=1S/C14H27NOS/c1-11-5-7-12(8-6-11)16-10-4-9-14(2,3)13(15)17/h11-12H,4-10H2,1-3H3,(H2,15,17). The summed E-state index contributed by atoms with van der Waals surface area (Å²) in [6.07, 6.45) is 7.69. The van der Waals surface area contributed by atoms with Crippen LogP contribution >= 0.6 is 12.2 Å². The summed E-state index contributed by atoms with van der Waals surface area (Å²) in [6.45, 7) is 7.40. The zero-order chi connectivity index (χ0) is 12.9. The van der Waals surface area contributed by atoms with E-state index in [4.69, 9.17) is 22.7 Å². The highest BCUT2D eigenvalue weighted by Crippen LogP contribution is 2.26. The molecule has 2 N–H and O–H groups in total. The SMILES string of the molecule is CC1CCC(OCCCC(C)(C)C(N)=S)CC1. The van der Waals surface area contributed by atoms with Crippen molar-refractivity contribution in [1.82, 2.24) is 0 Å². The van der Waals surface area contributed by atoms with Gasteiger partial charge in [0.1, 0.15) is 0 Å². The molecule has 0 saturated heterocycles. The third-order valence-corrected chi connectivity index (χ3v) is 4.48. The van der Waals surface area contributed by atoms with Crippen LogP contribution in [0.4, 0.5) is 0 Å². The number of thiocarbonyl (C=S) groups is 1. The minimum atomic E-state index is -0.0280. The first kappa shape index (κ1) is 14.9. The Morgan fingerprint density at radius 1 is 1.29 bits per heavy atom. The van der Waals surface area contributed by atoms with E-state index in [1.54, 1.807) is 0 Å². The Kier molecular flexibility index (Phi) is 5.87. The van der Waals surface area contributed by atoms with Gasteiger partial charge in [-0.25, -0.2) is 0 Å². The van der Waals surface area contributed by atoms with E-state index in [0.29, 0.717) is 11.1 Å². The molecule has 0 aliphatic heterocycles. The van der Waals surface area contributed by atoms with Crippen molar-refractivity contribution in [2.24, 2.45) is 17.1 Å². The Labute approximate surface area is 111 Å². The molecule has 0 spiro atoms. The van der Waals surface area contributed by atoms with E-state index in [0.717, 1.165) is 25.4 Å². The normalized spacial score (nSPS) is 25.8. The smallest absolute Gasteiger partial charge is 0.0784 e. The van der Waals surface area contributed by atoms with Gasteiger partial charge in [-0.3, -0.25) is 0 Å². The zero-order valence-corrected chi connectivity index (χ0v) is 12.3. The number of hydrogen-bond donors (Lipinski definition) is 1. The van der Waals surface area contributed by atoms with Crippen molar-refractivity contribution in [2.75, 3.05) is 6.61 Å². The van der Waals surface area contributed by atoms with Crippen LogP contribution in [-0.2, 0) is 4.74 Å². The lowest BCUT2D eigenvalue weighted by molar-refractivity contribution is 0.0162. The van der Waals surface area contributed by atoms with E-state index in [-0.39, 0.29) is 5.41 Å². The van der Waals surface area contributed by atoms with Gasteiger partial charge in [-0.15, -0.1) is 0 Å². The third kappa shape index (κ3) is 5.35. The van der Waals surface area contributed by atoms with Crippen molar-refractivity contribution in [1.29, 1.82) is 0 Å². The van der Waals surface area contributed by atoms with Crippen molar-refractivity contribution in [3.8, 4) is 0 Å². The van der Waals surface area contributed by atoms with Gasteiger partial charge in [0.15, 0.2) is 0 Å². The first-order chi connectivity index (χ1) is 7.92. The predicted molar refractivity (Wildman–Crippen MR) is 77.2 cm³/mol. The van der Waals surface area contributed by atoms with Gasteiger partial charge in [0.25, 0.3) is 0 Å². The van der Waals surface area contributed by atoms with E-state index in [1.165, 1.54) is 25.7 Å². The van der Waals surface area contributed by atoms with Gasteiger partial charge in [-0.1, -0.05) is 33.0 Å². The molecular weight excluding hydrogens is 230 g/mol. The van der Waals surface area contributed by atoms with Crippen LogP contribution in [0.5, 0.6) is 0 Å². The summed E-state index contributed by atoms with van der Waals surface area (Å²) in [4.78, 5) is 0.615. The number of rotatable bonds is 6. The predicted octanol–water partition coefficient (Wildman–Crippen LogP) is 3.67. The highest BCUT2D eigenvalue weighted by Gasteiger charge is 2.22. The maximum atomic E-state index is 5.92. The fraction of sp³-hybridized carbons (Fsp3) is 0.929. The molecule has 0 amide bonds. The monoisotopic (exact) mass is 257 g/mol. The van der Waals surface area contributed by atoms with E-state index in [2.05, 4.69) is 20.8 Å². The quantitative estimate of drug-likeness (QED) is 0.582. The second-order valence-electron chi connectivity index (χ2n) is 6.10. The third-order valence-electron chi connectivity index (χ3n) is 3.93. The summed E-state index contributed by atoms with van der Waals surface area (Å²) in [5.74, 6) is 0.892. The van der Waals surface area contributed by atoms with Crippen molar-refractivity contribution >= 4 is 17.2 Å². The maximum Gasteiger partial charge on any atom is 0.0784 e. The fourth-order valence-electron chi connectivity index (χ4n) is 2.28. The van der Waals surface area contributed by atoms with Crippen LogP contribution in [0.2, 0.25) is 0 Å². The van der Waals surface area contributed by atoms with Crippen LogP contribution in [0.15, 0.2) is 0 Å². The summed E-state index contributed by atoms with van der Waals surface area (Å²) < 4.78 is 5.92. The summed E-state index contributed by atoms with van der Waals surface area (Å²) >= 11 is 5.06. The van der Waals surface area contributed by atoms with Gasteiger partial charge in [-0.2, -0.15) is 0 Å². The molecule has 1 aliphatic rings. The van der Waals surface area contributed by atoms with E-state index in [9.17, 15) is 0 Å². The topological polar surface area (TPSA) is 35.2 Å². The molecule has 0 heterocycles. The number of nitrogens with two attached hydrogens (primary N) is 1. The average molecular weight is 257 g/mol. The minimum absolute atomic E-state index is 0.0280. The lowest BCUT2D eigenvalue weighted by atomic mass is 9.87. The lowest BCUT2D eigenvalue weighted by Gasteiger charge is -2.27. The molecule has 100 valence electrons. The Balaban J connectivity index is 2.10. The number of hydrogen-bond acceptors (Lipinski definition) is 2. The first-order valence-electron chi connectivity index (χ1n) is 6.83. The average Bonchev–Trinajstić information content (AvgIpc) is 2.26.